The SMILES string of the molecule is CC/C=C\C/C=C\C/C=C\C/C=C\C/C=C\C/C=C\CCCCCC1SC(=O)NC1=O. The fraction of sp³-hybridized carbons (Fsp3) is 0.481. The van der Waals surface area contributed by atoms with Crippen molar-refractivity contribution in [2.24, 2.45) is 0 Å². The number of unbranched alkanes of at least 4 members (excludes halogenated alkanes) is 3. The Morgan fingerprint density at radius 2 is 1.16 bits per heavy atom. The van der Waals surface area contributed by atoms with E-state index in [2.05, 4.69) is 85.2 Å². The highest BCUT2D eigenvalue weighted by atomic mass is 32.2. The van der Waals surface area contributed by atoms with Crippen LogP contribution in [0.2, 0.25) is 0 Å². The van der Waals surface area contributed by atoms with Crippen molar-refractivity contribution in [3.63, 3.8) is 0 Å². The van der Waals surface area contributed by atoms with Gasteiger partial charge >= 0.3 is 0 Å². The van der Waals surface area contributed by atoms with Gasteiger partial charge in [0.05, 0.1) is 5.25 Å². The van der Waals surface area contributed by atoms with Crippen molar-refractivity contribution in [2.45, 2.75) is 82.8 Å². The smallest absolute Gasteiger partial charge is 0.286 e. The van der Waals surface area contributed by atoms with Crippen LogP contribution in [-0.2, 0) is 4.79 Å². The highest BCUT2D eigenvalue weighted by Gasteiger charge is 2.30. The second-order valence-electron chi connectivity index (χ2n) is 7.44. The highest BCUT2D eigenvalue weighted by Crippen LogP contribution is 2.24. The van der Waals surface area contributed by atoms with E-state index in [0.29, 0.717) is 0 Å². The summed E-state index contributed by atoms with van der Waals surface area (Å²) in [5, 5.41) is 1.97. The maximum absolute atomic E-state index is 11.5. The minimum Gasteiger partial charge on any atom is -0.286 e. The number of imide groups is 1. The summed E-state index contributed by atoms with van der Waals surface area (Å²) in [4.78, 5) is 22.5. The lowest BCUT2D eigenvalue weighted by Gasteiger charge is -2.03. The summed E-state index contributed by atoms with van der Waals surface area (Å²) in [6.07, 6.45) is 37.8. The second-order valence-corrected chi connectivity index (χ2v) is 8.61. The van der Waals surface area contributed by atoms with Gasteiger partial charge in [-0.15, -0.1) is 0 Å². The number of carbonyl (C=O) groups is 2. The predicted molar refractivity (Wildman–Crippen MR) is 136 cm³/mol. The fourth-order valence-corrected chi connectivity index (χ4v) is 3.86. The molecule has 31 heavy (non-hydrogen) atoms. The van der Waals surface area contributed by atoms with Gasteiger partial charge in [0.25, 0.3) is 5.24 Å². The molecule has 1 heterocycles. The zero-order valence-electron chi connectivity index (χ0n) is 19.0. The summed E-state index contributed by atoms with van der Waals surface area (Å²) in [5.41, 5.74) is 0. The van der Waals surface area contributed by atoms with Crippen LogP contribution in [0, 0.1) is 0 Å². The van der Waals surface area contributed by atoms with Crippen LogP contribution < -0.4 is 5.32 Å². The molecule has 4 heteroatoms. The van der Waals surface area contributed by atoms with Gasteiger partial charge in [-0.3, -0.25) is 14.9 Å². The summed E-state index contributed by atoms with van der Waals surface area (Å²) < 4.78 is 0. The molecule has 0 aromatic heterocycles. The maximum Gasteiger partial charge on any atom is 0.286 e. The van der Waals surface area contributed by atoms with Gasteiger partial charge < -0.3 is 0 Å². The zero-order chi connectivity index (χ0) is 22.4. The molecule has 1 aliphatic heterocycles. The molecule has 1 atom stereocenters. The first-order valence-electron chi connectivity index (χ1n) is 11.7. The average molecular weight is 442 g/mol. The predicted octanol–water partition coefficient (Wildman–Crippen LogP) is 7.99. The Balaban J connectivity index is 1.90. The molecule has 1 unspecified atom stereocenters. The molecule has 0 aromatic rings. The molecule has 1 rings (SSSR count). The van der Waals surface area contributed by atoms with E-state index in [1.54, 1.807) is 0 Å². The Morgan fingerprint density at radius 3 is 1.61 bits per heavy atom. The van der Waals surface area contributed by atoms with Gasteiger partial charge in [-0.05, 0) is 57.8 Å². The van der Waals surface area contributed by atoms with Crippen LogP contribution in [0.5, 0.6) is 0 Å². The first-order valence-corrected chi connectivity index (χ1v) is 12.5. The lowest BCUT2D eigenvalue weighted by molar-refractivity contribution is -0.119. The fourth-order valence-electron chi connectivity index (χ4n) is 2.99. The summed E-state index contributed by atoms with van der Waals surface area (Å²) in [6.45, 7) is 2.15. The van der Waals surface area contributed by atoms with Crippen molar-refractivity contribution in [3.05, 3.63) is 72.9 Å². The number of amides is 2. The first-order chi connectivity index (χ1) is 15.2. The number of hydrogen-bond acceptors (Lipinski definition) is 3. The third kappa shape index (κ3) is 16.3. The van der Waals surface area contributed by atoms with Crippen LogP contribution in [0.1, 0.15) is 77.6 Å². The molecule has 0 radical (unpaired) electrons. The molecule has 2 amide bonds. The molecule has 0 aromatic carbocycles. The largest absolute Gasteiger partial charge is 0.286 e. The van der Waals surface area contributed by atoms with E-state index in [9.17, 15) is 9.59 Å². The van der Waals surface area contributed by atoms with Crippen molar-refractivity contribution >= 4 is 22.9 Å². The number of thioether (sulfide) groups is 1. The lowest BCUT2D eigenvalue weighted by atomic mass is 10.1. The van der Waals surface area contributed by atoms with Crippen LogP contribution in [0.25, 0.3) is 0 Å². The molecule has 3 nitrogen and oxygen atoms in total. The maximum atomic E-state index is 11.5. The van der Waals surface area contributed by atoms with Gasteiger partial charge in [0, 0.05) is 0 Å². The molecule has 1 fully saturated rings. The standard InChI is InChI=1S/C27H39NO2S/c1-2-3-4-5-6-7-8-9-10-11-12-13-14-15-16-17-18-19-20-21-22-23-24-25-26(29)28-27(30)31-25/h3-4,6-7,9-10,12-13,15-16,18-19,25H,2,5,8,11,14,17,20-24H2,1H3,(H,28,29,30)/b4-3-,7-6-,10-9-,13-12-,16-15-,19-18-. The van der Waals surface area contributed by atoms with Crippen LogP contribution in [0.3, 0.4) is 0 Å². The van der Waals surface area contributed by atoms with Gasteiger partial charge in [0.2, 0.25) is 5.91 Å². The minimum atomic E-state index is -0.201. The molecule has 1 saturated heterocycles. The van der Waals surface area contributed by atoms with Crippen LogP contribution >= 0.6 is 11.8 Å². The zero-order valence-corrected chi connectivity index (χ0v) is 19.8. The van der Waals surface area contributed by atoms with Gasteiger partial charge in [-0.1, -0.05) is 104 Å². The van der Waals surface area contributed by atoms with E-state index >= 15 is 0 Å². The Kier molecular flexibility index (Phi) is 17.3. The summed E-state index contributed by atoms with van der Waals surface area (Å²) in [7, 11) is 0. The molecule has 0 saturated carbocycles. The second kappa shape index (κ2) is 19.9. The Bertz CT molecular complexity index is 671. The van der Waals surface area contributed by atoms with Crippen molar-refractivity contribution in [3.8, 4) is 0 Å². The Labute approximate surface area is 193 Å². The van der Waals surface area contributed by atoms with Crippen molar-refractivity contribution < 1.29 is 9.59 Å². The van der Waals surface area contributed by atoms with Gasteiger partial charge in [-0.2, -0.15) is 0 Å². The van der Waals surface area contributed by atoms with E-state index in [1.165, 1.54) is 0 Å². The van der Waals surface area contributed by atoms with Crippen LogP contribution in [0.15, 0.2) is 72.9 Å². The topological polar surface area (TPSA) is 46.2 Å². The van der Waals surface area contributed by atoms with Crippen molar-refractivity contribution in [1.82, 2.24) is 5.32 Å². The first kappa shape index (κ1) is 27.0. The molecule has 170 valence electrons. The van der Waals surface area contributed by atoms with Crippen molar-refractivity contribution in [1.29, 1.82) is 0 Å². The van der Waals surface area contributed by atoms with Gasteiger partial charge in [-0.25, -0.2) is 0 Å². The lowest BCUT2D eigenvalue weighted by Crippen LogP contribution is -2.23. The molecular formula is C27H39NO2S. The number of carbonyl (C=O) groups excluding carboxylic acids is 2. The molecule has 0 bridgehead atoms. The van der Waals surface area contributed by atoms with Gasteiger partial charge in [0.1, 0.15) is 0 Å². The Morgan fingerprint density at radius 1 is 0.677 bits per heavy atom. The molecule has 1 aliphatic rings. The monoisotopic (exact) mass is 441 g/mol. The third-order valence-corrected chi connectivity index (χ3v) is 5.75. The third-order valence-electron chi connectivity index (χ3n) is 4.70. The van der Waals surface area contributed by atoms with Crippen molar-refractivity contribution in [2.75, 3.05) is 0 Å². The quantitative estimate of drug-likeness (QED) is 0.184. The van der Waals surface area contributed by atoms with E-state index in [0.717, 1.165) is 82.4 Å². The van der Waals surface area contributed by atoms with E-state index in [4.69, 9.17) is 0 Å². The normalized spacial score (nSPS) is 17.8. The number of nitrogens with one attached hydrogen (secondary N) is 1. The van der Waals surface area contributed by atoms with Crippen LogP contribution in [-0.4, -0.2) is 16.4 Å². The Hall–Kier alpha value is -2.07. The van der Waals surface area contributed by atoms with E-state index < -0.39 is 0 Å². The summed E-state index contributed by atoms with van der Waals surface area (Å²) in [6, 6.07) is 0. The van der Waals surface area contributed by atoms with Crippen LogP contribution in [0.4, 0.5) is 4.79 Å². The summed E-state index contributed by atoms with van der Waals surface area (Å²) >= 11 is 1.13. The summed E-state index contributed by atoms with van der Waals surface area (Å²) in [5.74, 6) is -0.119. The average Bonchev–Trinajstić information content (AvgIpc) is 3.08. The number of allylic oxidation sites excluding steroid dienone is 12. The van der Waals surface area contributed by atoms with Gasteiger partial charge in [0.15, 0.2) is 0 Å². The minimum absolute atomic E-state index is 0.119. The number of hydrogen-bond donors (Lipinski definition) is 1. The van der Waals surface area contributed by atoms with E-state index in [-0.39, 0.29) is 16.4 Å². The van der Waals surface area contributed by atoms with E-state index in [1.807, 2.05) is 0 Å². The number of rotatable bonds is 17. The molecular weight excluding hydrogens is 402 g/mol. The molecule has 0 spiro atoms. The highest BCUT2D eigenvalue weighted by molar-refractivity contribution is 8.15. The molecule has 0 aliphatic carbocycles. The molecule has 1 N–H and O–H groups in total.